The van der Waals surface area contributed by atoms with Crippen LogP contribution in [0.4, 0.5) is 0 Å². The Kier molecular flexibility index (Phi) is 7.33. The lowest BCUT2D eigenvalue weighted by Gasteiger charge is -2.18. The van der Waals surface area contributed by atoms with Crippen LogP contribution in [0.15, 0.2) is 0 Å². The summed E-state index contributed by atoms with van der Waals surface area (Å²) in [5, 5.41) is 8.79. The van der Waals surface area contributed by atoms with Crippen LogP contribution in [0.3, 0.4) is 0 Å². The molecule has 1 aliphatic rings. The highest BCUT2D eigenvalue weighted by Gasteiger charge is 2.17. The molecule has 0 radical (unpaired) electrons. The zero-order valence-electron chi connectivity index (χ0n) is 11.7. The number of rotatable bonds is 9. The van der Waals surface area contributed by atoms with Crippen LogP contribution >= 0.6 is 0 Å². The van der Waals surface area contributed by atoms with E-state index in [0.717, 1.165) is 12.3 Å². The van der Waals surface area contributed by atoms with E-state index >= 15 is 0 Å². The topological polar surface area (TPSA) is 63.3 Å². The maximum atomic E-state index is 10.7. The van der Waals surface area contributed by atoms with Crippen molar-refractivity contribution in [1.29, 1.82) is 0 Å². The Bertz CT molecular complexity index is 237. The number of aliphatic carboxylic acids is 1. The fourth-order valence-corrected chi connectivity index (χ4v) is 3.25. The molecule has 0 heterocycles. The SMILES string of the molecule is CC(CCCC1CCCC1)CC(CN)CC(=O)O. The van der Waals surface area contributed by atoms with Crippen LogP contribution in [0, 0.1) is 17.8 Å². The Morgan fingerprint density at radius 1 is 1.39 bits per heavy atom. The van der Waals surface area contributed by atoms with E-state index in [0.29, 0.717) is 12.5 Å². The number of carboxylic acids is 1. The van der Waals surface area contributed by atoms with Crippen molar-refractivity contribution < 1.29 is 9.90 Å². The third-order valence-corrected chi connectivity index (χ3v) is 4.32. The average Bonchev–Trinajstić information content (AvgIpc) is 2.80. The highest BCUT2D eigenvalue weighted by Crippen LogP contribution is 2.30. The fourth-order valence-electron chi connectivity index (χ4n) is 3.25. The van der Waals surface area contributed by atoms with Gasteiger partial charge in [0.25, 0.3) is 0 Å². The Morgan fingerprint density at radius 3 is 2.61 bits per heavy atom. The lowest BCUT2D eigenvalue weighted by atomic mass is 9.88. The summed E-state index contributed by atoms with van der Waals surface area (Å²) in [6.45, 7) is 2.73. The molecule has 0 saturated heterocycles. The first-order valence-electron chi connectivity index (χ1n) is 7.53. The van der Waals surface area contributed by atoms with Crippen molar-refractivity contribution in [2.45, 2.75) is 64.7 Å². The molecule has 3 nitrogen and oxygen atoms in total. The van der Waals surface area contributed by atoms with Crippen molar-refractivity contribution in [3.8, 4) is 0 Å². The first kappa shape index (κ1) is 15.5. The molecule has 2 atom stereocenters. The molecule has 1 aliphatic carbocycles. The van der Waals surface area contributed by atoms with E-state index in [1.807, 2.05) is 0 Å². The molecule has 1 fully saturated rings. The number of carbonyl (C=O) groups is 1. The molecule has 0 aliphatic heterocycles. The molecule has 18 heavy (non-hydrogen) atoms. The summed E-state index contributed by atoms with van der Waals surface area (Å²) in [6, 6.07) is 0. The number of nitrogens with two attached hydrogens (primary N) is 1. The molecule has 1 rings (SSSR count). The van der Waals surface area contributed by atoms with Gasteiger partial charge in [0.05, 0.1) is 0 Å². The van der Waals surface area contributed by atoms with Gasteiger partial charge in [-0.3, -0.25) is 4.79 Å². The van der Waals surface area contributed by atoms with Crippen molar-refractivity contribution in [1.82, 2.24) is 0 Å². The second-order valence-electron chi connectivity index (χ2n) is 6.12. The lowest BCUT2D eigenvalue weighted by Crippen LogP contribution is -2.20. The predicted octanol–water partition coefficient (Wildman–Crippen LogP) is 3.42. The summed E-state index contributed by atoms with van der Waals surface area (Å²) in [7, 11) is 0. The van der Waals surface area contributed by atoms with Gasteiger partial charge in [0.15, 0.2) is 0 Å². The summed E-state index contributed by atoms with van der Waals surface area (Å²) in [5.74, 6) is 1.02. The van der Waals surface area contributed by atoms with Gasteiger partial charge in [0, 0.05) is 6.42 Å². The summed E-state index contributed by atoms with van der Waals surface area (Å²) < 4.78 is 0. The van der Waals surface area contributed by atoms with Gasteiger partial charge < -0.3 is 10.8 Å². The van der Waals surface area contributed by atoms with E-state index in [9.17, 15) is 4.79 Å². The van der Waals surface area contributed by atoms with E-state index in [2.05, 4.69) is 6.92 Å². The summed E-state index contributed by atoms with van der Waals surface area (Å²) in [5.41, 5.74) is 5.63. The van der Waals surface area contributed by atoms with E-state index in [1.165, 1.54) is 44.9 Å². The van der Waals surface area contributed by atoms with Crippen molar-refractivity contribution in [2.24, 2.45) is 23.5 Å². The van der Waals surface area contributed by atoms with Gasteiger partial charge in [-0.1, -0.05) is 51.9 Å². The third-order valence-electron chi connectivity index (χ3n) is 4.32. The van der Waals surface area contributed by atoms with Gasteiger partial charge in [0.1, 0.15) is 0 Å². The van der Waals surface area contributed by atoms with E-state index in [1.54, 1.807) is 0 Å². The van der Waals surface area contributed by atoms with Gasteiger partial charge in [-0.05, 0) is 30.7 Å². The fraction of sp³-hybridized carbons (Fsp3) is 0.933. The molecule has 2 unspecified atom stereocenters. The molecule has 0 aromatic rings. The smallest absolute Gasteiger partial charge is 0.303 e. The molecule has 0 bridgehead atoms. The van der Waals surface area contributed by atoms with Crippen molar-refractivity contribution in [3.63, 3.8) is 0 Å². The van der Waals surface area contributed by atoms with Crippen molar-refractivity contribution in [3.05, 3.63) is 0 Å². The van der Waals surface area contributed by atoms with Gasteiger partial charge in [-0.2, -0.15) is 0 Å². The quantitative estimate of drug-likeness (QED) is 0.663. The van der Waals surface area contributed by atoms with Crippen LogP contribution in [0.25, 0.3) is 0 Å². The minimum absolute atomic E-state index is 0.156. The van der Waals surface area contributed by atoms with Gasteiger partial charge in [-0.25, -0.2) is 0 Å². The second kappa shape index (κ2) is 8.52. The van der Waals surface area contributed by atoms with Crippen LogP contribution in [-0.4, -0.2) is 17.6 Å². The molecule has 0 aromatic heterocycles. The molecule has 3 N–H and O–H groups in total. The average molecular weight is 255 g/mol. The Morgan fingerprint density at radius 2 is 2.06 bits per heavy atom. The Hall–Kier alpha value is -0.570. The first-order chi connectivity index (χ1) is 8.61. The van der Waals surface area contributed by atoms with Crippen molar-refractivity contribution in [2.75, 3.05) is 6.54 Å². The van der Waals surface area contributed by atoms with Gasteiger partial charge in [-0.15, -0.1) is 0 Å². The Balaban J connectivity index is 2.10. The highest BCUT2D eigenvalue weighted by atomic mass is 16.4. The van der Waals surface area contributed by atoms with E-state index in [4.69, 9.17) is 10.8 Å². The third kappa shape index (κ3) is 6.39. The first-order valence-corrected chi connectivity index (χ1v) is 7.53. The molecule has 106 valence electrons. The van der Waals surface area contributed by atoms with Crippen LogP contribution in [0.5, 0.6) is 0 Å². The molecule has 0 amide bonds. The zero-order valence-corrected chi connectivity index (χ0v) is 11.7. The van der Waals surface area contributed by atoms with E-state index < -0.39 is 5.97 Å². The highest BCUT2D eigenvalue weighted by molar-refractivity contribution is 5.67. The monoisotopic (exact) mass is 255 g/mol. The molecule has 1 saturated carbocycles. The standard InChI is InChI=1S/C15H29NO2/c1-12(9-14(11-16)10-15(17)18)5-4-8-13-6-2-3-7-13/h12-14H,2-11,16H2,1H3,(H,17,18). The predicted molar refractivity (Wildman–Crippen MR) is 74.4 cm³/mol. The summed E-state index contributed by atoms with van der Waals surface area (Å²) in [6.07, 6.45) is 10.8. The van der Waals surface area contributed by atoms with Crippen LogP contribution in [-0.2, 0) is 4.79 Å². The molecule has 3 heteroatoms. The number of hydrogen-bond acceptors (Lipinski definition) is 2. The number of carboxylic acid groups (broad SMARTS) is 1. The van der Waals surface area contributed by atoms with E-state index in [-0.39, 0.29) is 12.3 Å². The maximum absolute atomic E-state index is 10.7. The van der Waals surface area contributed by atoms with Crippen LogP contribution < -0.4 is 5.73 Å². The minimum atomic E-state index is -0.719. The van der Waals surface area contributed by atoms with Crippen molar-refractivity contribution >= 4 is 5.97 Å². The normalized spacial score (nSPS) is 19.9. The summed E-state index contributed by atoms with van der Waals surface area (Å²) >= 11 is 0. The van der Waals surface area contributed by atoms with Gasteiger partial charge in [0.2, 0.25) is 0 Å². The maximum Gasteiger partial charge on any atom is 0.303 e. The van der Waals surface area contributed by atoms with Crippen LogP contribution in [0.1, 0.15) is 64.7 Å². The Labute approximate surface area is 111 Å². The number of hydrogen-bond donors (Lipinski definition) is 2. The summed E-state index contributed by atoms with van der Waals surface area (Å²) in [4.78, 5) is 10.7. The molecular weight excluding hydrogens is 226 g/mol. The largest absolute Gasteiger partial charge is 0.481 e. The second-order valence-corrected chi connectivity index (χ2v) is 6.12. The molecular formula is C15H29NO2. The van der Waals surface area contributed by atoms with Gasteiger partial charge >= 0.3 is 5.97 Å². The minimum Gasteiger partial charge on any atom is -0.481 e. The zero-order chi connectivity index (χ0) is 13.4. The lowest BCUT2D eigenvalue weighted by molar-refractivity contribution is -0.138. The molecule has 0 aromatic carbocycles. The molecule has 0 spiro atoms. The van der Waals surface area contributed by atoms with Crippen LogP contribution in [0.2, 0.25) is 0 Å².